The van der Waals surface area contributed by atoms with E-state index in [1.807, 2.05) is 0 Å². The maximum atomic E-state index is 12.1. The van der Waals surface area contributed by atoms with Gasteiger partial charge in [-0.15, -0.1) is 0 Å². The zero-order valence-corrected chi connectivity index (χ0v) is 10.9. The van der Waals surface area contributed by atoms with Gasteiger partial charge in [0.25, 0.3) is 0 Å². The van der Waals surface area contributed by atoms with E-state index in [0.29, 0.717) is 30.1 Å². The van der Waals surface area contributed by atoms with Gasteiger partial charge in [-0.2, -0.15) is 0 Å². The van der Waals surface area contributed by atoms with Crippen molar-refractivity contribution >= 4 is 5.78 Å². The van der Waals surface area contributed by atoms with E-state index in [0.717, 1.165) is 0 Å². The van der Waals surface area contributed by atoms with Gasteiger partial charge in [-0.25, -0.2) is 0 Å². The van der Waals surface area contributed by atoms with Crippen LogP contribution in [0.15, 0.2) is 18.2 Å². The van der Waals surface area contributed by atoms with Gasteiger partial charge in [-0.3, -0.25) is 4.79 Å². The lowest BCUT2D eigenvalue weighted by molar-refractivity contribution is 0.0932. The van der Waals surface area contributed by atoms with Crippen molar-refractivity contribution in [1.82, 2.24) is 0 Å². The van der Waals surface area contributed by atoms with E-state index in [9.17, 15) is 4.79 Å². The van der Waals surface area contributed by atoms with Crippen LogP contribution in [0.25, 0.3) is 0 Å². The molecule has 1 unspecified atom stereocenters. The fourth-order valence-corrected chi connectivity index (χ4v) is 1.58. The number of ether oxygens (including phenoxy) is 3. The summed E-state index contributed by atoms with van der Waals surface area (Å²) in [6, 6.07) is 4.44. The van der Waals surface area contributed by atoms with Gasteiger partial charge in [0, 0.05) is 19.8 Å². The maximum Gasteiger partial charge on any atom is 0.183 e. The number of benzene rings is 1. The lowest BCUT2D eigenvalue weighted by Crippen LogP contribution is -2.32. The minimum atomic E-state index is -0.591. The van der Waals surface area contributed by atoms with Gasteiger partial charge >= 0.3 is 0 Å². The van der Waals surface area contributed by atoms with Crippen molar-refractivity contribution < 1.29 is 19.0 Å². The van der Waals surface area contributed by atoms with Gasteiger partial charge in [-0.05, 0) is 18.6 Å². The van der Waals surface area contributed by atoms with Crippen LogP contribution >= 0.6 is 0 Å². The molecule has 5 heteroatoms. The first kappa shape index (κ1) is 14.5. The van der Waals surface area contributed by atoms with Crippen LogP contribution in [0.2, 0.25) is 0 Å². The molecule has 0 amide bonds. The summed E-state index contributed by atoms with van der Waals surface area (Å²) in [6.45, 7) is 0.450. The van der Waals surface area contributed by atoms with Crippen LogP contribution in [0.5, 0.6) is 11.5 Å². The highest BCUT2D eigenvalue weighted by Gasteiger charge is 2.19. The van der Waals surface area contributed by atoms with Gasteiger partial charge in [0.1, 0.15) is 11.5 Å². The first-order chi connectivity index (χ1) is 8.63. The zero-order chi connectivity index (χ0) is 13.5. The molecule has 2 N–H and O–H groups in total. The monoisotopic (exact) mass is 253 g/mol. The van der Waals surface area contributed by atoms with E-state index in [4.69, 9.17) is 19.9 Å². The third-order valence-corrected chi connectivity index (χ3v) is 2.64. The summed E-state index contributed by atoms with van der Waals surface area (Å²) in [4.78, 5) is 12.1. The predicted octanol–water partition coefficient (Wildman–Crippen LogP) is 1.25. The van der Waals surface area contributed by atoms with Crippen molar-refractivity contribution in [3.8, 4) is 11.5 Å². The smallest absolute Gasteiger partial charge is 0.183 e. The molecule has 0 bridgehead atoms. The van der Waals surface area contributed by atoms with E-state index in [1.54, 1.807) is 32.4 Å². The van der Waals surface area contributed by atoms with Crippen molar-refractivity contribution in [1.29, 1.82) is 0 Å². The highest BCUT2D eigenvalue weighted by Crippen LogP contribution is 2.25. The van der Waals surface area contributed by atoms with Gasteiger partial charge < -0.3 is 19.9 Å². The van der Waals surface area contributed by atoms with Crippen molar-refractivity contribution in [3.63, 3.8) is 0 Å². The number of hydrogen-bond donors (Lipinski definition) is 1. The Kier molecular flexibility index (Phi) is 5.61. The number of hydrogen-bond acceptors (Lipinski definition) is 5. The van der Waals surface area contributed by atoms with Crippen LogP contribution in [-0.2, 0) is 4.74 Å². The summed E-state index contributed by atoms with van der Waals surface area (Å²) in [5.41, 5.74) is 6.27. The topological polar surface area (TPSA) is 70.8 Å². The van der Waals surface area contributed by atoms with Gasteiger partial charge in [0.15, 0.2) is 5.78 Å². The summed E-state index contributed by atoms with van der Waals surface area (Å²) in [7, 11) is 4.64. The van der Waals surface area contributed by atoms with Crippen molar-refractivity contribution in [2.75, 3.05) is 27.9 Å². The number of methoxy groups -OCH3 is 3. The lowest BCUT2D eigenvalue weighted by atomic mass is 10.0. The Labute approximate surface area is 107 Å². The number of carbonyl (C=O) groups is 1. The molecule has 0 saturated carbocycles. The van der Waals surface area contributed by atoms with Crippen LogP contribution in [0.1, 0.15) is 16.8 Å². The summed E-state index contributed by atoms with van der Waals surface area (Å²) >= 11 is 0. The van der Waals surface area contributed by atoms with E-state index in [1.165, 1.54) is 7.11 Å². The Bertz CT molecular complexity index is 406. The molecule has 1 rings (SSSR count). The standard InChI is InChI=1S/C13H19NO4/c1-16-7-6-11(14)13(15)10-5-4-9(17-2)8-12(10)18-3/h4-5,8,11H,6-7,14H2,1-3H3. The van der Waals surface area contributed by atoms with E-state index < -0.39 is 6.04 Å². The molecular weight excluding hydrogens is 234 g/mol. The largest absolute Gasteiger partial charge is 0.497 e. The molecule has 5 nitrogen and oxygen atoms in total. The third-order valence-electron chi connectivity index (χ3n) is 2.64. The average Bonchev–Trinajstić information content (AvgIpc) is 2.43. The maximum absolute atomic E-state index is 12.1. The Morgan fingerprint density at radius 3 is 2.56 bits per heavy atom. The van der Waals surface area contributed by atoms with E-state index in [2.05, 4.69) is 0 Å². The van der Waals surface area contributed by atoms with Gasteiger partial charge in [0.2, 0.25) is 0 Å². The molecule has 100 valence electrons. The Hall–Kier alpha value is -1.59. The average molecular weight is 253 g/mol. The summed E-state index contributed by atoms with van der Waals surface area (Å²) in [5.74, 6) is 0.938. The van der Waals surface area contributed by atoms with Crippen molar-refractivity contribution in [2.45, 2.75) is 12.5 Å². The first-order valence-electron chi connectivity index (χ1n) is 5.64. The number of rotatable bonds is 7. The van der Waals surface area contributed by atoms with Crippen LogP contribution in [-0.4, -0.2) is 39.8 Å². The highest BCUT2D eigenvalue weighted by molar-refractivity contribution is 6.02. The molecule has 1 aromatic carbocycles. The van der Waals surface area contributed by atoms with Gasteiger partial charge in [-0.1, -0.05) is 0 Å². The summed E-state index contributed by atoms with van der Waals surface area (Å²) in [5, 5.41) is 0. The third kappa shape index (κ3) is 3.45. The van der Waals surface area contributed by atoms with Gasteiger partial charge in [0.05, 0.1) is 25.8 Å². The molecule has 0 aromatic heterocycles. The van der Waals surface area contributed by atoms with E-state index >= 15 is 0 Å². The molecule has 18 heavy (non-hydrogen) atoms. The molecule has 1 aromatic rings. The highest BCUT2D eigenvalue weighted by atomic mass is 16.5. The summed E-state index contributed by atoms with van der Waals surface area (Å²) < 4.78 is 15.2. The van der Waals surface area contributed by atoms with Crippen molar-refractivity contribution in [2.24, 2.45) is 5.73 Å². The van der Waals surface area contributed by atoms with Crippen molar-refractivity contribution in [3.05, 3.63) is 23.8 Å². The minimum absolute atomic E-state index is 0.161. The van der Waals surface area contributed by atoms with E-state index in [-0.39, 0.29) is 5.78 Å². The number of ketones is 1. The van der Waals surface area contributed by atoms with Crippen LogP contribution in [0, 0.1) is 0 Å². The van der Waals surface area contributed by atoms with Crippen LogP contribution in [0.3, 0.4) is 0 Å². The first-order valence-corrected chi connectivity index (χ1v) is 5.64. The quantitative estimate of drug-likeness (QED) is 0.740. The molecule has 0 aliphatic heterocycles. The molecule has 0 fully saturated rings. The molecule has 0 aliphatic rings. The lowest BCUT2D eigenvalue weighted by Gasteiger charge is -2.13. The fraction of sp³-hybridized carbons (Fsp3) is 0.462. The molecule has 0 heterocycles. The number of Topliss-reactive ketones (excluding diaryl/α,β-unsaturated/α-hetero) is 1. The Morgan fingerprint density at radius 2 is 2.00 bits per heavy atom. The molecule has 0 saturated heterocycles. The second kappa shape index (κ2) is 6.98. The molecule has 0 spiro atoms. The molecule has 0 aliphatic carbocycles. The fourth-order valence-electron chi connectivity index (χ4n) is 1.58. The zero-order valence-electron chi connectivity index (χ0n) is 10.9. The second-order valence-electron chi connectivity index (χ2n) is 3.82. The predicted molar refractivity (Wildman–Crippen MR) is 68.3 cm³/mol. The Morgan fingerprint density at radius 1 is 1.28 bits per heavy atom. The Balaban J connectivity index is 2.90. The van der Waals surface area contributed by atoms with Crippen LogP contribution < -0.4 is 15.2 Å². The number of nitrogens with two attached hydrogens (primary N) is 1. The number of carbonyl (C=O) groups excluding carboxylic acids is 1. The second-order valence-corrected chi connectivity index (χ2v) is 3.82. The SMILES string of the molecule is COCCC(N)C(=O)c1ccc(OC)cc1OC. The molecule has 0 radical (unpaired) electrons. The van der Waals surface area contributed by atoms with Crippen LogP contribution in [0.4, 0.5) is 0 Å². The normalized spacial score (nSPS) is 12.0. The summed E-state index contributed by atoms with van der Waals surface area (Å²) in [6.07, 6.45) is 0.477. The molecule has 1 atom stereocenters. The molecular formula is C13H19NO4. The minimum Gasteiger partial charge on any atom is -0.497 e.